The number of hydrogen-bond acceptors (Lipinski definition) is 3. The first-order chi connectivity index (χ1) is 9.70. The van der Waals surface area contributed by atoms with Gasteiger partial charge >= 0.3 is 0 Å². The van der Waals surface area contributed by atoms with E-state index in [4.69, 9.17) is 4.74 Å². The number of carbonyl (C=O) groups excluding carboxylic acids is 1. The van der Waals surface area contributed by atoms with Gasteiger partial charge in [-0.1, -0.05) is 25.3 Å². The van der Waals surface area contributed by atoms with Gasteiger partial charge in [0.1, 0.15) is 5.69 Å². The number of ketones is 1. The average molecular weight is 273 g/mol. The van der Waals surface area contributed by atoms with Crippen LogP contribution in [0.15, 0.2) is 18.3 Å². The van der Waals surface area contributed by atoms with E-state index in [9.17, 15) is 4.79 Å². The molecule has 1 aromatic rings. The van der Waals surface area contributed by atoms with Gasteiger partial charge in [-0.2, -0.15) is 0 Å². The van der Waals surface area contributed by atoms with E-state index in [2.05, 4.69) is 4.98 Å². The standard InChI is InChI=1S/C17H23NO2/c1-13-6-5-10-18-15(13)16(19)14-7-11-20-17(12-14)8-3-2-4-9-17/h5-6,10,14H,2-4,7-9,11-12H2,1H3. The Balaban J connectivity index is 1.77. The van der Waals surface area contributed by atoms with Crippen LogP contribution in [0.25, 0.3) is 0 Å². The quantitative estimate of drug-likeness (QED) is 0.771. The van der Waals surface area contributed by atoms with Gasteiger partial charge in [0.2, 0.25) is 0 Å². The molecular weight excluding hydrogens is 250 g/mol. The van der Waals surface area contributed by atoms with Crippen LogP contribution in [0.4, 0.5) is 0 Å². The molecule has 1 aliphatic carbocycles. The van der Waals surface area contributed by atoms with Gasteiger partial charge in [-0.25, -0.2) is 0 Å². The number of hydrogen-bond donors (Lipinski definition) is 0. The summed E-state index contributed by atoms with van der Waals surface area (Å²) >= 11 is 0. The third-order valence-corrected chi connectivity index (χ3v) is 4.87. The van der Waals surface area contributed by atoms with E-state index in [1.54, 1.807) is 6.20 Å². The summed E-state index contributed by atoms with van der Waals surface area (Å²) < 4.78 is 6.08. The van der Waals surface area contributed by atoms with Crippen molar-refractivity contribution in [1.29, 1.82) is 0 Å². The molecule has 3 nitrogen and oxygen atoms in total. The number of aryl methyl sites for hydroxylation is 1. The van der Waals surface area contributed by atoms with E-state index in [1.165, 1.54) is 19.3 Å². The van der Waals surface area contributed by atoms with E-state index < -0.39 is 0 Å². The zero-order valence-electron chi connectivity index (χ0n) is 12.2. The number of aromatic nitrogens is 1. The normalized spacial score (nSPS) is 25.6. The summed E-state index contributed by atoms with van der Waals surface area (Å²) in [4.78, 5) is 17.0. The summed E-state index contributed by atoms with van der Waals surface area (Å²) in [7, 11) is 0. The Kier molecular flexibility index (Phi) is 3.88. The van der Waals surface area contributed by atoms with Crippen molar-refractivity contribution in [2.45, 2.75) is 57.5 Å². The van der Waals surface area contributed by atoms with Crippen molar-refractivity contribution in [3.8, 4) is 0 Å². The predicted molar refractivity (Wildman–Crippen MR) is 77.8 cm³/mol. The molecule has 2 aliphatic rings. The zero-order valence-corrected chi connectivity index (χ0v) is 12.2. The van der Waals surface area contributed by atoms with E-state index in [0.717, 1.165) is 37.9 Å². The third kappa shape index (κ3) is 2.64. The highest BCUT2D eigenvalue weighted by Crippen LogP contribution is 2.41. The molecule has 1 saturated heterocycles. The van der Waals surface area contributed by atoms with E-state index >= 15 is 0 Å². The third-order valence-electron chi connectivity index (χ3n) is 4.87. The fraction of sp³-hybridized carbons (Fsp3) is 0.647. The summed E-state index contributed by atoms with van der Waals surface area (Å²) in [6.45, 7) is 2.69. The van der Waals surface area contributed by atoms with Crippen LogP contribution in [-0.4, -0.2) is 23.0 Å². The van der Waals surface area contributed by atoms with Gasteiger partial charge in [0.25, 0.3) is 0 Å². The topological polar surface area (TPSA) is 39.2 Å². The predicted octanol–water partition coefficient (Wildman–Crippen LogP) is 3.70. The Morgan fingerprint density at radius 2 is 2.15 bits per heavy atom. The Bertz CT molecular complexity index is 486. The molecule has 1 spiro atoms. The van der Waals surface area contributed by atoms with Crippen molar-refractivity contribution in [2.75, 3.05) is 6.61 Å². The zero-order chi connectivity index (χ0) is 14.0. The van der Waals surface area contributed by atoms with Crippen molar-refractivity contribution in [3.63, 3.8) is 0 Å². The van der Waals surface area contributed by atoms with Gasteiger partial charge in [0, 0.05) is 18.7 Å². The lowest BCUT2D eigenvalue weighted by atomic mass is 9.74. The van der Waals surface area contributed by atoms with Crippen molar-refractivity contribution < 1.29 is 9.53 Å². The fourth-order valence-electron chi connectivity index (χ4n) is 3.73. The lowest BCUT2D eigenvalue weighted by Crippen LogP contribution is -2.43. The maximum atomic E-state index is 12.7. The molecule has 0 aromatic carbocycles. The highest BCUT2D eigenvalue weighted by atomic mass is 16.5. The molecule has 1 aromatic heterocycles. The average Bonchev–Trinajstić information content (AvgIpc) is 2.48. The first-order valence-electron chi connectivity index (χ1n) is 7.80. The highest BCUT2D eigenvalue weighted by Gasteiger charge is 2.41. The number of carbonyl (C=O) groups is 1. The minimum absolute atomic E-state index is 0.0144. The van der Waals surface area contributed by atoms with Crippen LogP contribution in [0.3, 0.4) is 0 Å². The molecular formula is C17H23NO2. The van der Waals surface area contributed by atoms with Crippen LogP contribution in [0.2, 0.25) is 0 Å². The second kappa shape index (κ2) is 5.65. The van der Waals surface area contributed by atoms with Gasteiger partial charge in [-0.3, -0.25) is 9.78 Å². The Morgan fingerprint density at radius 1 is 1.35 bits per heavy atom. The van der Waals surface area contributed by atoms with Gasteiger partial charge < -0.3 is 4.74 Å². The van der Waals surface area contributed by atoms with Crippen molar-refractivity contribution in [1.82, 2.24) is 4.98 Å². The Morgan fingerprint density at radius 3 is 2.90 bits per heavy atom. The lowest BCUT2D eigenvalue weighted by Gasteiger charge is -2.43. The molecule has 0 amide bonds. The summed E-state index contributed by atoms with van der Waals surface area (Å²) in [5.41, 5.74) is 1.63. The van der Waals surface area contributed by atoms with E-state index in [1.807, 2.05) is 19.1 Å². The molecule has 20 heavy (non-hydrogen) atoms. The molecule has 2 heterocycles. The molecule has 1 unspecified atom stereocenters. The van der Waals surface area contributed by atoms with Gasteiger partial charge in [0.05, 0.1) is 5.60 Å². The smallest absolute Gasteiger partial charge is 0.184 e. The molecule has 1 atom stereocenters. The number of pyridine rings is 1. The molecule has 3 rings (SSSR count). The van der Waals surface area contributed by atoms with Crippen LogP contribution < -0.4 is 0 Å². The monoisotopic (exact) mass is 273 g/mol. The fourth-order valence-corrected chi connectivity index (χ4v) is 3.73. The summed E-state index contributed by atoms with van der Waals surface area (Å²) in [6.07, 6.45) is 9.49. The highest BCUT2D eigenvalue weighted by molar-refractivity contribution is 5.97. The summed E-state index contributed by atoms with van der Waals surface area (Å²) in [5, 5.41) is 0. The molecule has 1 aliphatic heterocycles. The van der Waals surface area contributed by atoms with Gasteiger partial charge in [-0.15, -0.1) is 0 Å². The summed E-state index contributed by atoms with van der Waals surface area (Å²) in [6, 6.07) is 3.86. The Labute approximate surface area is 120 Å². The minimum Gasteiger partial charge on any atom is -0.375 e. The first kappa shape index (κ1) is 13.7. The maximum absolute atomic E-state index is 12.7. The number of Topliss-reactive ketones (excluding diaryl/α,β-unsaturated/α-hetero) is 1. The molecule has 108 valence electrons. The molecule has 0 N–H and O–H groups in total. The van der Waals surface area contributed by atoms with Crippen LogP contribution >= 0.6 is 0 Å². The van der Waals surface area contributed by atoms with Crippen LogP contribution in [0, 0.1) is 12.8 Å². The van der Waals surface area contributed by atoms with Crippen molar-refractivity contribution in [2.24, 2.45) is 5.92 Å². The molecule has 1 saturated carbocycles. The maximum Gasteiger partial charge on any atom is 0.184 e. The minimum atomic E-state index is -0.0144. The van der Waals surface area contributed by atoms with Gasteiger partial charge in [-0.05, 0) is 44.2 Å². The van der Waals surface area contributed by atoms with Gasteiger partial charge in [0.15, 0.2) is 5.78 Å². The molecule has 2 fully saturated rings. The largest absolute Gasteiger partial charge is 0.375 e. The second-order valence-corrected chi connectivity index (χ2v) is 6.32. The first-order valence-corrected chi connectivity index (χ1v) is 7.80. The molecule has 0 bridgehead atoms. The van der Waals surface area contributed by atoms with Crippen LogP contribution in [0.1, 0.15) is 61.0 Å². The van der Waals surface area contributed by atoms with E-state index in [-0.39, 0.29) is 17.3 Å². The van der Waals surface area contributed by atoms with E-state index in [0.29, 0.717) is 5.69 Å². The Hall–Kier alpha value is -1.22. The van der Waals surface area contributed by atoms with Crippen molar-refractivity contribution >= 4 is 5.78 Å². The number of ether oxygens (including phenoxy) is 1. The molecule has 0 radical (unpaired) electrons. The van der Waals surface area contributed by atoms with Crippen LogP contribution in [-0.2, 0) is 4.74 Å². The summed E-state index contributed by atoms with van der Waals surface area (Å²) in [5.74, 6) is 0.312. The SMILES string of the molecule is Cc1cccnc1C(=O)C1CCOC2(CCCCC2)C1. The number of rotatable bonds is 2. The molecule has 3 heteroatoms. The lowest BCUT2D eigenvalue weighted by molar-refractivity contribution is -0.111. The van der Waals surface area contributed by atoms with Crippen molar-refractivity contribution in [3.05, 3.63) is 29.6 Å². The second-order valence-electron chi connectivity index (χ2n) is 6.32. The number of nitrogens with zero attached hydrogens (tertiary/aromatic N) is 1. The van der Waals surface area contributed by atoms with Crippen LogP contribution in [0.5, 0.6) is 0 Å².